The van der Waals surface area contributed by atoms with Crippen molar-refractivity contribution in [3.63, 3.8) is 0 Å². The van der Waals surface area contributed by atoms with E-state index < -0.39 is 0 Å². The second-order valence-corrected chi connectivity index (χ2v) is 7.42. The summed E-state index contributed by atoms with van der Waals surface area (Å²) >= 11 is 1.37. The molecule has 4 nitrogen and oxygen atoms in total. The maximum absolute atomic E-state index is 9.22. The average molecular weight is 380 g/mol. The zero-order valence-corrected chi connectivity index (χ0v) is 16.1. The van der Waals surface area contributed by atoms with Crippen molar-refractivity contribution in [1.29, 1.82) is 10.5 Å². The van der Waals surface area contributed by atoms with Crippen molar-refractivity contribution in [2.24, 2.45) is 0 Å². The minimum Gasteiger partial charge on any atom is -0.348 e. The number of thiazole rings is 1. The minimum atomic E-state index is 0.0415. The number of aromatic nitrogens is 1. The van der Waals surface area contributed by atoms with Crippen LogP contribution in [0, 0.1) is 22.7 Å². The van der Waals surface area contributed by atoms with Gasteiger partial charge in [0.25, 0.3) is 0 Å². The molecule has 28 heavy (non-hydrogen) atoms. The number of allylic oxidation sites excluding steroid dienone is 2. The Bertz CT molecular complexity index is 1250. The summed E-state index contributed by atoms with van der Waals surface area (Å²) in [6.45, 7) is 0. The van der Waals surface area contributed by atoms with Crippen LogP contribution in [0.5, 0.6) is 0 Å². The maximum Gasteiger partial charge on any atom is 0.165 e. The van der Waals surface area contributed by atoms with Gasteiger partial charge in [-0.05, 0) is 23.8 Å². The van der Waals surface area contributed by atoms with E-state index in [9.17, 15) is 10.5 Å². The van der Waals surface area contributed by atoms with Crippen LogP contribution in [0.15, 0.2) is 66.4 Å². The highest BCUT2D eigenvalue weighted by atomic mass is 32.1. The van der Waals surface area contributed by atoms with Gasteiger partial charge in [-0.15, -0.1) is 11.3 Å². The number of hydrogen-bond donors (Lipinski definition) is 0. The van der Waals surface area contributed by atoms with Gasteiger partial charge in [-0.2, -0.15) is 10.5 Å². The van der Waals surface area contributed by atoms with Crippen molar-refractivity contribution < 1.29 is 0 Å². The Morgan fingerprint density at radius 2 is 1.75 bits per heavy atom. The first-order valence-electron chi connectivity index (χ1n) is 8.80. The van der Waals surface area contributed by atoms with Crippen LogP contribution in [0.2, 0.25) is 0 Å². The van der Waals surface area contributed by atoms with Gasteiger partial charge in [-0.25, -0.2) is 4.98 Å². The van der Waals surface area contributed by atoms with Crippen LogP contribution in [-0.2, 0) is 6.42 Å². The quantitative estimate of drug-likeness (QED) is 0.684. The highest BCUT2D eigenvalue weighted by molar-refractivity contribution is 7.08. The molecule has 0 saturated heterocycles. The SMILES string of the molecule is CN1/C(=C/C=c2\sc(=C(C#N)C#N)nc2-c2ccccc2)Cc2ccccc21. The number of rotatable bonds is 2. The molecule has 1 aliphatic rings. The molecule has 4 rings (SSSR count). The highest BCUT2D eigenvalue weighted by Crippen LogP contribution is 2.32. The lowest BCUT2D eigenvalue weighted by molar-refractivity contribution is 1.10. The standard InChI is InChI=1S/C23H16N4S/c1-27-19(13-17-9-5-6-10-20(17)27)11-12-21-22(16-7-3-2-4-8-16)26-23(28-21)18(14-24)15-25/h2-12H,13H2,1H3/b19-11+,21-12-. The Kier molecular flexibility index (Phi) is 4.76. The monoisotopic (exact) mass is 380 g/mol. The number of anilines is 1. The Morgan fingerprint density at radius 3 is 2.46 bits per heavy atom. The Hall–Kier alpha value is -3.67. The van der Waals surface area contributed by atoms with Crippen molar-refractivity contribution in [2.45, 2.75) is 6.42 Å². The Labute approximate surface area is 167 Å². The molecule has 0 bridgehead atoms. The first-order valence-corrected chi connectivity index (χ1v) is 9.62. The summed E-state index contributed by atoms with van der Waals surface area (Å²) in [6, 6.07) is 22.1. The number of para-hydroxylation sites is 1. The molecule has 3 aromatic rings. The topological polar surface area (TPSA) is 63.7 Å². The lowest BCUT2D eigenvalue weighted by Crippen LogP contribution is -2.11. The molecule has 1 aromatic heterocycles. The van der Waals surface area contributed by atoms with Gasteiger partial charge in [0.1, 0.15) is 16.8 Å². The zero-order valence-electron chi connectivity index (χ0n) is 15.3. The molecular formula is C23H16N4S. The second kappa shape index (κ2) is 7.52. The highest BCUT2D eigenvalue weighted by Gasteiger charge is 2.19. The summed E-state index contributed by atoms with van der Waals surface area (Å²) in [5.74, 6) is 0. The van der Waals surface area contributed by atoms with Crippen LogP contribution in [0.4, 0.5) is 5.69 Å². The summed E-state index contributed by atoms with van der Waals surface area (Å²) in [4.78, 5) is 6.78. The van der Waals surface area contributed by atoms with E-state index >= 15 is 0 Å². The van der Waals surface area contributed by atoms with Gasteiger partial charge in [-0.3, -0.25) is 0 Å². The third kappa shape index (κ3) is 3.20. The first-order chi connectivity index (χ1) is 13.7. The molecule has 2 heterocycles. The fourth-order valence-corrected chi connectivity index (χ4v) is 4.21. The van der Waals surface area contributed by atoms with Gasteiger partial charge >= 0.3 is 0 Å². The fraction of sp³-hybridized carbons (Fsp3) is 0.0870. The summed E-state index contributed by atoms with van der Waals surface area (Å²) in [6.07, 6.45) is 5.01. The van der Waals surface area contributed by atoms with Crippen LogP contribution in [0.1, 0.15) is 5.56 Å². The number of likely N-dealkylation sites (N-methyl/N-ethyl adjacent to an activating group) is 1. The summed E-state index contributed by atoms with van der Waals surface area (Å²) in [5, 5.41) is 18.4. The van der Waals surface area contributed by atoms with Crippen molar-refractivity contribution in [2.75, 3.05) is 11.9 Å². The molecular weight excluding hydrogens is 364 g/mol. The van der Waals surface area contributed by atoms with Gasteiger partial charge in [0, 0.05) is 30.4 Å². The molecule has 1 aliphatic heterocycles. The predicted octanol–water partition coefficient (Wildman–Crippen LogP) is 3.36. The van der Waals surface area contributed by atoms with Crippen molar-refractivity contribution >= 4 is 28.7 Å². The van der Waals surface area contributed by atoms with E-state index in [1.54, 1.807) is 0 Å². The van der Waals surface area contributed by atoms with E-state index in [0.717, 1.165) is 22.2 Å². The van der Waals surface area contributed by atoms with E-state index in [1.165, 1.54) is 28.3 Å². The summed E-state index contributed by atoms with van der Waals surface area (Å²) < 4.78 is 1.39. The largest absolute Gasteiger partial charge is 0.348 e. The minimum absolute atomic E-state index is 0.0415. The number of fused-ring (bicyclic) bond motifs is 1. The van der Waals surface area contributed by atoms with Crippen LogP contribution in [0.25, 0.3) is 22.9 Å². The third-order valence-corrected chi connectivity index (χ3v) is 5.76. The third-order valence-electron chi connectivity index (χ3n) is 4.72. The van der Waals surface area contributed by atoms with Crippen LogP contribution in [0.3, 0.4) is 0 Å². The Morgan fingerprint density at radius 1 is 1.04 bits per heavy atom. The zero-order chi connectivity index (χ0) is 19.5. The van der Waals surface area contributed by atoms with Crippen LogP contribution >= 0.6 is 11.3 Å². The van der Waals surface area contributed by atoms with E-state index in [-0.39, 0.29) is 5.57 Å². The number of hydrogen-bond acceptors (Lipinski definition) is 5. The van der Waals surface area contributed by atoms with E-state index in [1.807, 2.05) is 54.6 Å². The molecule has 0 spiro atoms. The van der Waals surface area contributed by atoms with Crippen molar-refractivity contribution in [1.82, 2.24) is 4.98 Å². The number of nitriles is 2. The molecule has 0 radical (unpaired) electrons. The molecule has 0 N–H and O–H groups in total. The molecule has 0 aliphatic carbocycles. The van der Waals surface area contributed by atoms with Gasteiger partial charge in [0.15, 0.2) is 5.57 Å². The Balaban J connectivity index is 1.85. The van der Waals surface area contributed by atoms with Gasteiger partial charge in [0.05, 0.1) is 10.2 Å². The first kappa shape index (κ1) is 17.7. The lowest BCUT2D eigenvalue weighted by atomic mass is 10.1. The molecule has 0 fully saturated rings. The second-order valence-electron chi connectivity index (χ2n) is 6.39. The van der Waals surface area contributed by atoms with Gasteiger partial charge < -0.3 is 4.90 Å². The smallest absolute Gasteiger partial charge is 0.165 e. The maximum atomic E-state index is 9.22. The molecule has 0 unspecified atom stereocenters. The predicted molar refractivity (Wildman–Crippen MR) is 113 cm³/mol. The van der Waals surface area contributed by atoms with Gasteiger partial charge in [-0.1, -0.05) is 48.5 Å². The number of benzene rings is 2. The van der Waals surface area contributed by atoms with E-state index in [0.29, 0.717) is 4.66 Å². The lowest BCUT2D eigenvalue weighted by Gasteiger charge is -2.13. The van der Waals surface area contributed by atoms with Crippen molar-refractivity contribution in [3.8, 4) is 23.4 Å². The van der Waals surface area contributed by atoms with Crippen LogP contribution < -0.4 is 14.1 Å². The van der Waals surface area contributed by atoms with Crippen LogP contribution in [-0.4, -0.2) is 12.0 Å². The number of nitrogens with zero attached hydrogens (tertiary/aromatic N) is 4. The molecule has 2 aromatic carbocycles. The molecule has 0 saturated carbocycles. The van der Waals surface area contributed by atoms with Gasteiger partial charge in [0.2, 0.25) is 0 Å². The normalized spacial score (nSPS) is 14.6. The van der Waals surface area contributed by atoms with Crippen molar-refractivity contribution in [3.05, 3.63) is 81.1 Å². The molecule has 5 heteroatoms. The average Bonchev–Trinajstić information content (AvgIpc) is 3.30. The van der Waals surface area contributed by atoms with E-state index in [2.05, 4.69) is 41.2 Å². The molecule has 0 amide bonds. The summed E-state index contributed by atoms with van der Waals surface area (Å²) in [5.41, 5.74) is 5.52. The fourth-order valence-electron chi connectivity index (χ4n) is 3.27. The summed E-state index contributed by atoms with van der Waals surface area (Å²) in [7, 11) is 2.07. The molecule has 134 valence electrons. The van der Waals surface area contributed by atoms with E-state index in [4.69, 9.17) is 0 Å². The molecule has 0 atom stereocenters.